The van der Waals surface area contributed by atoms with Crippen molar-refractivity contribution in [1.29, 1.82) is 0 Å². The molecule has 0 saturated carbocycles. The molecule has 0 radical (unpaired) electrons. The van der Waals surface area contributed by atoms with E-state index in [1.54, 1.807) is 0 Å². The number of anilines is 1. The van der Waals surface area contributed by atoms with Gasteiger partial charge >= 0.3 is 5.69 Å². The summed E-state index contributed by atoms with van der Waals surface area (Å²) in [5.74, 6) is -1.11. The molecular weight excluding hydrogens is 425 g/mol. The maximum Gasteiger partial charge on any atom is 0.348 e. The van der Waals surface area contributed by atoms with E-state index in [2.05, 4.69) is 15.4 Å². The normalized spacial score (nSPS) is 18.2. The number of nitrogens with one attached hydrogen (secondary N) is 1. The van der Waals surface area contributed by atoms with E-state index in [9.17, 15) is 22.4 Å². The van der Waals surface area contributed by atoms with Gasteiger partial charge in [0.1, 0.15) is 17.9 Å². The van der Waals surface area contributed by atoms with E-state index >= 15 is 0 Å². The van der Waals surface area contributed by atoms with E-state index in [4.69, 9.17) is 11.6 Å². The van der Waals surface area contributed by atoms with Crippen molar-refractivity contribution in [1.82, 2.24) is 19.3 Å². The molecule has 0 unspecified atom stereocenters. The fraction of sp³-hybridized carbons (Fsp3) is 0.294. The van der Waals surface area contributed by atoms with Gasteiger partial charge in [0.05, 0.1) is 40.5 Å². The Labute approximate surface area is 169 Å². The van der Waals surface area contributed by atoms with E-state index < -0.39 is 27.3 Å². The fourth-order valence-corrected chi connectivity index (χ4v) is 5.19. The highest BCUT2D eigenvalue weighted by Gasteiger charge is 2.31. The van der Waals surface area contributed by atoms with Gasteiger partial charge in [0.2, 0.25) is 5.91 Å². The number of sulfone groups is 1. The van der Waals surface area contributed by atoms with Gasteiger partial charge in [0.15, 0.2) is 9.84 Å². The molecule has 1 N–H and O–H groups in total. The van der Waals surface area contributed by atoms with E-state index in [0.29, 0.717) is 17.5 Å². The number of amides is 1. The number of rotatable bonds is 4. The summed E-state index contributed by atoms with van der Waals surface area (Å²) < 4.78 is 39.4. The van der Waals surface area contributed by atoms with Crippen molar-refractivity contribution in [3.8, 4) is 0 Å². The topological polar surface area (TPSA) is 116 Å². The van der Waals surface area contributed by atoms with Gasteiger partial charge in [0.25, 0.3) is 0 Å². The van der Waals surface area contributed by atoms with Crippen molar-refractivity contribution in [3.63, 3.8) is 0 Å². The number of benzene rings is 1. The van der Waals surface area contributed by atoms with Crippen molar-refractivity contribution >= 4 is 44.1 Å². The molecule has 0 bridgehead atoms. The molecule has 152 valence electrons. The third-order valence-electron chi connectivity index (χ3n) is 4.69. The van der Waals surface area contributed by atoms with Gasteiger partial charge in [-0.3, -0.25) is 14.0 Å². The summed E-state index contributed by atoms with van der Waals surface area (Å²) in [6.45, 7) is -0.354. The number of aromatic nitrogens is 4. The Balaban J connectivity index is 1.62. The molecule has 4 rings (SSSR count). The lowest BCUT2D eigenvalue weighted by Gasteiger charge is -2.11. The first-order valence-corrected chi connectivity index (χ1v) is 10.8. The molecule has 1 aliphatic rings. The second-order valence-electron chi connectivity index (χ2n) is 6.72. The van der Waals surface area contributed by atoms with E-state index in [0.717, 1.165) is 10.6 Å². The van der Waals surface area contributed by atoms with Crippen LogP contribution < -0.4 is 11.0 Å². The quantitative estimate of drug-likeness (QED) is 0.656. The van der Waals surface area contributed by atoms with Crippen LogP contribution in [0.1, 0.15) is 12.5 Å². The van der Waals surface area contributed by atoms with Crippen LogP contribution in [0.4, 0.5) is 10.1 Å². The zero-order valence-corrected chi connectivity index (χ0v) is 16.5. The summed E-state index contributed by atoms with van der Waals surface area (Å²) in [5.41, 5.74) is 0.454. The highest BCUT2D eigenvalue weighted by molar-refractivity contribution is 7.91. The van der Waals surface area contributed by atoms with Gasteiger partial charge < -0.3 is 5.32 Å². The average molecular weight is 440 g/mol. The van der Waals surface area contributed by atoms with Crippen molar-refractivity contribution in [2.24, 2.45) is 0 Å². The van der Waals surface area contributed by atoms with Crippen LogP contribution in [-0.2, 0) is 21.2 Å². The molecule has 1 fully saturated rings. The molecule has 2 aromatic heterocycles. The van der Waals surface area contributed by atoms with Crippen LogP contribution in [0.15, 0.2) is 35.4 Å². The molecular formula is C17H15ClFN5O4S. The SMILES string of the molecule is O=C(Cn1c(=O)ncc2c1cnn2[C@H]1CCS(=O)(=O)C1)Nc1ccc(F)c(Cl)c1. The summed E-state index contributed by atoms with van der Waals surface area (Å²) in [5, 5.41) is 6.62. The second kappa shape index (κ2) is 7.23. The van der Waals surface area contributed by atoms with Crippen LogP contribution in [0.2, 0.25) is 5.02 Å². The van der Waals surface area contributed by atoms with Crippen molar-refractivity contribution in [2.75, 3.05) is 16.8 Å². The van der Waals surface area contributed by atoms with Gasteiger partial charge in [-0.25, -0.2) is 17.6 Å². The van der Waals surface area contributed by atoms with Crippen LogP contribution in [0.5, 0.6) is 0 Å². The predicted molar refractivity (Wildman–Crippen MR) is 104 cm³/mol. The summed E-state index contributed by atoms with van der Waals surface area (Å²) in [6.07, 6.45) is 3.15. The predicted octanol–water partition coefficient (Wildman–Crippen LogP) is 1.38. The molecule has 3 aromatic rings. The lowest BCUT2D eigenvalue weighted by atomic mass is 10.2. The third kappa shape index (κ3) is 3.87. The third-order valence-corrected chi connectivity index (χ3v) is 6.73. The number of nitrogens with zero attached hydrogens (tertiary/aromatic N) is 4. The summed E-state index contributed by atoms with van der Waals surface area (Å²) >= 11 is 5.70. The minimum absolute atomic E-state index is 0.0330. The summed E-state index contributed by atoms with van der Waals surface area (Å²) in [7, 11) is -3.12. The Morgan fingerprint density at radius 2 is 2.10 bits per heavy atom. The Bertz CT molecular complexity index is 1290. The van der Waals surface area contributed by atoms with E-state index in [1.807, 2.05) is 0 Å². The number of hydrogen-bond donors (Lipinski definition) is 1. The minimum atomic E-state index is -3.12. The van der Waals surface area contributed by atoms with Gasteiger partial charge in [-0.1, -0.05) is 11.6 Å². The Morgan fingerprint density at radius 3 is 2.79 bits per heavy atom. The van der Waals surface area contributed by atoms with E-state index in [1.165, 1.54) is 29.2 Å². The monoisotopic (exact) mass is 439 g/mol. The standard InChI is InChI=1S/C17H15ClFN5O4S/c18-12-5-10(1-2-13(12)19)22-16(25)8-23-14-7-21-24(15(14)6-20-17(23)26)11-3-4-29(27,28)9-11/h1-2,5-7,11H,3-4,8-9H2,(H,22,25)/t11-/m0/s1. The first-order chi connectivity index (χ1) is 13.7. The molecule has 1 amide bonds. The molecule has 0 aliphatic carbocycles. The number of halogens is 2. The maximum atomic E-state index is 13.2. The number of carbonyl (C=O) groups excluding carboxylic acids is 1. The van der Waals surface area contributed by atoms with Crippen LogP contribution in [-0.4, -0.2) is 45.2 Å². The van der Waals surface area contributed by atoms with Gasteiger partial charge in [-0.05, 0) is 24.6 Å². The van der Waals surface area contributed by atoms with Gasteiger partial charge in [-0.2, -0.15) is 10.1 Å². The Kier molecular flexibility index (Phi) is 4.87. The minimum Gasteiger partial charge on any atom is -0.324 e. The number of fused-ring (bicyclic) bond motifs is 1. The zero-order valence-electron chi connectivity index (χ0n) is 14.9. The maximum absolute atomic E-state index is 13.2. The highest BCUT2D eigenvalue weighted by atomic mass is 35.5. The molecule has 1 saturated heterocycles. The highest BCUT2D eigenvalue weighted by Crippen LogP contribution is 2.26. The summed E-state index contributed by atoms with van der Waals surface area (Å²) in [6, 6.07) is 3.38. The van der Waals surface area contributed by atoms with E-state index in [-0.39, 0.29) is 34.8 Å². The molecule has 3 heterocycles. The first kappa shape index (κ1) is 19.5. The Morgan fingerprint density at radius 1 is 1.31 bits per heavy atom. The number of carbonyl (C=O) groups is 1. The first-order valence-electron chi connectivity index (χ1n) is 8.62. The van der Waals surface area contributed by atoms with Gasteiger partial charge in [0, 0.05) is 5.69 Å². The molecule has 9 nitrogen and oxygen atoms in total. The van der Waals surface area contributed by atoms with Crippen molar-refractivity contribution < 1.29 is 17.6 Å². The molecule has 0 spiro atoms. The van der Waals surface area contributed by atoms with Crippen LogP contribution in [0, 0.1) is 5.82 Å². The molecule has 1 aliphatic heterocycles. The van der Waals surface area contributed by atoms with Crippen LogP contribution >= 0.6 is 11.6 Å². The molecule has 1 atom stereocenters. The van der Waals surface area contributed by atoms with Crippen LogP contribution in [0.3, 0.4) is 0 Å². The summed E-state index contributed by atoms with van der Waals surface area (Å²) in [4.78, 5) is 28.4. The van der Waals surface area contributed by atoms with Crippen molar-refractivity contribution in [2.45, 2.75) is 19.0 Å². The average Bonchev–Trinajstić information content (AvgIpc) is 3.23. The molecule has 29 heavy (non-hydrogen) atoms. The van der Waals surface area contributed by atoms with Gasteiger partial charge in [-0.15, -0.1) is 0 Å². The van der Waals surface area contributed by atoms with Crippen LogP contribution in [0.25, 0.3) is 11.0 Å². The molecule has 1 aromatic carbocycles. The molecule has 12 heteroatoms. The lowest BCUT2D eigenvalue weighted by molar-refractivity contribution is -0.116. The Hall–Kier alpha value is -2.79. The lowest BCUT2D eigenvalue weighted by Crippen LogP contribution is -2.29. The zero-order chi connectivity index (χ0) is 20.8. The largest absolute Gasteiger partial charge is 0.348 e. The second-order valence-corrected chi connectivity index (χ2v) is 9.36. The number of hydrogen-bond acceptors (Lipinski definition) is 6. The smallest absolute Gasteiger partial charge is 0.324 e. The van der Waals surface area contributed by atoms with Crippen molar-refractivity contribution in [3.05, 3.63) is 51.9 Å². The fourth-order valence-electron chi connectivity index (χ4n) is 3.31.